The van der Waals surface area contributed by atoms with Crippen molar-refractivity contribution in [1.29, 1.82) is 0 Å². The van der Waals surface area contributed by atoms with E-state index in [1.165, 1.54) is 0 Å². The minimum Gasteiger partial charge on any atom is -0.461 e. The molecule has 1 aliphatic heterocycles. The highest BCUT2D eigenvalue weighted by Crippen LogP contribution is 2.30. The quantitative estimate of drug-likeness (QED) is 0.783. The molecular weight excluding hydrogens is 242 g/mol. The fourth-order valence-corrected chi connectivity index (χ4v) is 1.97. The molecule has 4 nitrogen and oxygen atoms in total. The molecule has 0 amide bonds. The normalized spacial score (nSPS) is 22.4. The van der Waals surface area contributed by atoms with Crippen molar-refractivity contribution in [2.24, 2.45) is 10.9 Å². The van der Waals surface area contributed by atoms with Crippen molar-refractivity contribution in [2.75, 3.05) is 6.61 Å². The van der Waals surface area contributed by atoms with Crippen LogP contribution < -0.4 is 0 Å². The van der Waals surface area contributed by atoms with Gasteiger partial charge in [0.1, 0.15) is 6.10 Å². The summed E-state index contributed by atoms with van der Waals surface area (Å²) in [6.45, 7) is 6.16. The predicted octanol–water partition coefficient (Wildman–Crippen LogP) is 2.74. The van der Waals surface area contributed by atoms with Crippen molar-refractivity contribution < 1.29 is 14.3 Å². The molecule has 102 valence electrons. The van der Waals surface area contributed by atoms with Crippen molar-refractivity contribution in [2.45, 2.75) is 33.1 Å². The lowest BCUT2D eigenvalue weighted by Gasteiger charge is -2.16. The van der Waals surface area contributed by atoms with Crippen LogP contribution in [0.1, 0.15) is 32.4 Å². The van der Waals surface area contributed by atoms with Gasteiger partial charge in [-0.1, -0.05) is 44.2 Å². The molecule has 0 saturated heterocycles. The molecule has 0 spiro atoms. The average molecular weight is 261 g/mol. The first-order valence-electron chi connectivity index (χ1n) is 6.58. The van der Waals surface area contributed by atoms with Crippen molar-refractivity contribution in [3.05, 3.63) is 35.9 Å². The number of esters is 1. The highest BCUT2D eigenvalue weighted by molar-refractivity contribution is 6.38. The second-order valence-corrected chi connectivity index (χ2v) is 4.80. The molecule has 0 unspecified atom stereocenters. The molecular formula is C15H19NO3. The van der Waals surface area contributed by atoms with Crippen molar-refractivity contribution in [3.8, 4) is 0 Å². The van der Waals surface area contributed by atoms with Crippen LogP contribution in [0.3, 0.4) is 0 Å². The Bertz CT molecular complexity index is 468. The van der Waals surface area contributed by atoms with E-state index >= 15 is 0 Å². The summed E-state index contributed by atoms with van der Waals surface area (Å²) >= 11 is 0. The predicted molar refractivity (Wildman–Crippen MR) is 73.0 cm³/mol. The second-order valence-electron chi connectivity index (χ2n) is 4.80. The van der Waals surface area contributed by atoms with E-state index in [0.717, 1.165) is 5.56 Å². The van der Waals surface area contributed by atoms with Gasteiger partial charge in [-0.15, -0.1) is 0 Å². The summed E-state index contributed by atoms with van der Waals surface area (Å²) < 4.78 is 10.9. The number of hydrogen-bond donors (Lipinski definition) is 0. The molecule has 1 aliphatic rings. The fraction of sp³-hybridized carbons (Fsp3) is 0.467. The molecule has 19 heavy (non-hydrogen) atoms. The SMILES string of the molecule is CCOC(=O)C1=N[C@@H](C(C)C)O[C@@H]1c1ccccc1. The number of benzene rings is 1. The van der Waals surface area contributed by atoms with Gasteiger partial charge >= 0.3 is 5.97 Å². The topological polar surface area (TPSA) is 47.9 Å². The number of hydrogen-bond acceptors (Lipinski definition) is 4. The molecule has 1 heterocycles. The van der Waals surface area contributed by atoms with Gasteiger partial charge in [-0.3, -0.25) is 0 Å². The molecule has 0 fully saturated rings. The number of aliphatic imine (C=N–C) groups is 1. The Hall–Kier alpha value is -1.68. The van der Waals surface area contributed by atoms with Crippen LogP contribution in [0.15, 0.2) is 35.3 Å². The zero-order valence-corrected chi connectivity index (χ0v) is 11.5. The number of nitrogens with zero attached hydrogens (tertiary/aromatic N) is 1. The fourth-order valence-electron chi connectivity index (χ4n) is 1.97. The highest BCUT2D eigenvalue weighted by Gasteiger charge is 2.36. The van der Waals surface area contributed by atoms with Gasteiger partial charge in [-0.25, -0.2) is 9.79 Å². The molecule has 2 atom stereocenters. The summed E-state index contributed by atoms with van der Waals surface area (Å²) in [7, 11) is 0. The van der Waals surface area contributed by atoms with Crippen molar-refractivity contribution in [3.63, 3.8) is 0 Å². The molecule has 0 bridgehead atoms. The van der Waals surface area contributed by atoms with E-state index in [4.69, 9.17) is 9.47 Å². The van der Waals surface area contributed by atoms with Crippen LogP contribution in [0.25, 0.3) is 0 Å². The smallest absolute Gasteiger partial charge is 0.355 e. The second kappa shape index (κ2) is 5.97. The van der Waals surface area contributed by atoms with Gasteiger partial charge in [-0.2, -0.15) is 0 Å². The molecule has 0 aliphatic carbocycles. The monoisotopic (exact) mass is 261 g/mol. The molecule has 4 heteroatoms. The van der Waals surface area contributed by atoms with Gasteiger partial charge in [0.15, 0.2) is 11.9 Å². The Morgan fingerprint density at radius 3 is 2.63 bits per heavy atom. The number of carbonyl (C=O) groups is 1. The third-order valence-corrected chi connectivity index (χ3v) is 2.95. The summed E-state index contributed by atoms with van der Waals surface area (Å²) in [6, 6.07) is 9.64. The Morgan fingerprint density at radius 1 is 1.37 bits per heavy atom. The molecule has 1 aromatic carbocycles. The van der Waals surface area contributed by atoms with Crippen LogP contribution in [-0.4, -0.2) is 24.5 Å². The minimum absolute atomic E-state index is 0.220. The molecule has 0 radical (unpaired) electrons. The van der Waals surface area contributed by atoms with Gasteiger partial charge in [0, 0.05) is 5.92 Å². The molecule has 0 aromatic heterocycles. The zero-order valence-electron chi connectivity index (χ0n) is 11.5. The lowest BCUT2D eigenvalue weighted by atomic mass is 10.1. The largest absolute Gasteiger partial charge is 0.461 e. The van der Waals surface area contributed by atoms with Crippen molar-refractivity contribution >= 4 is 11.7 Å². The number of ether oxygens (including phenoxy) is 2. The van der Waals surface area contributed by atoms with E-state index < -0.39 is 6.10 Å². The van der Waals surface area contributed by atoms with E-state index in [0.29, 0.717) is 12.3 Å². The van der Waals surface area contributed by atoms with Crippen molar-refractivity contribution in [1.82, 2.24) is 0 Å². The van der Waals surface area contributed by atoms with Crippen LogP contribution >= 0.6 is 0 Å². The zero-order chi connectivity index (χ0) is 13.8. The van der Waals surface area contributed by atoms with Gasteiger partial charge in [-0.05, 0) is 12.5 Å². The van der Waals surface area contributed by atoms with Crippen LogP contribution in [0.4, 0.5) is 0 Å². The summed E-state index contributed by atoms with van der Waals surface area (Å²) in [5, 5.41) is 0. The third-order valence-electron chi connectivity index (χ3n) is 2.95. The highest BCUT2D eigenvalue weighted by atomic mass is 16.5. The molecule has 1 aromatic rings. The lowest BCUT2D eigenvalue weighted by Crippen LogP contribution is -2.22. The molecule has 2 rings (SSSR count). The van der Waals surface area contributed by atoms with E-state index in [2.05, 4.69) is 4.99 Å². The first-order chi connectivity index (χ1) is 9.13. The lowest BCUT2D eigenvalue weighted by molar-refractivity contribution is -0.135. The van der Waals surface area contributed by atoms with Gasteiger partial charge < -0.3 is 9.47 Å². The minimum atomic E-state index is -0.423. The van der Waals surface area contributed by atoms with Gasteiger partial charge in [0.2, 0.25) is 0 Å². The number of carbonyl (C=O) groups excluding carboxylic acids is 1. The molecule has 0 N–H and O–H groups in total. The Kier molecular flexibility index (Phi) is 4.32. The van der Waals surface area contributed by atoms with Crippen LogP contribution in [0.2, 0.25) is 0 Å². The van der Waals surface area contributed by atoms with E-state index in [-0.39, 0.29) is 18.1 Å². The standard InChI is InChI=1S/C15H19NO3/c1-4-18-15(17)12-13(11-8-6-5-7-9-11)19-14(16-12)10(2)3/h5-10,13-14H,4H2,1-3H3/t13-,14-/m1/s1. The summed E-state index contributed by atoms with van der Waals surface area (Å²) in [4.78, 5) is 16.3. The van der Waals surface area contributed by atoms with Crippen LogP contribution in [-0.2, 0) is 14.3 Å². The summed E-state index contributed by atoms with van der Waals surface area (Å²) in [5.41, 5.74) is 1.30. The Balaban J connectivity index is 2.27. The third kappa shape index (κ3) is 3.01. The van der Waals surface area contributed by atoms with Crippen LogP contribution in [0.5, 0.6) is 0 Å². The van der Waals surface area contributed by atoms with Gasteiger partial charge in [0.25, 0.3) is 0 Å². The van der Waals surface area contributed by atoms with Crippen LogP contribution in [0, 0.1) is 5.92 Å². The summed E-state index contributed by atoms with van der Waals surface area (Å²) in [6.07, 6.45) is -0.711. The Labute approximate surface area is 113 Å². The maximum absolute atomic E-state index is 12.0. The maximum Gasteiger partial charge on any atom is 0.355 e. The average Bonchev–Trinajstić information content (AvgIpc) is 2.85. The first-order valence-corrected chi connectivity index (χ1v) is 6.58. The first kappa shape index (κ1) is 13.7. The van der Waals surface area contributed by atoms with E-state index in [9.17, 15) is 4.79 Å². The van der Waals surface area contributed by atoms with E-state index in [1.807, 2.05) is 44.2 Å². The molecule has 0 saturated carbocycles. The maximum atomic E-state index is 12.0. The van der Waals surface area contributed by atoms with E-state index in [1.54, 1.807) is 6.92 Å². The summed E-state index contributed by atoms with van der Waals surface area (Å²) in [5.74, 6) is -0.169. The number of rotatable bonds is 4. The van der Waals surface area contributed by atoms with Gasteiger partial charge in [0.05, 0.1) is 6.61 Å². The Morgan fingerprint density at radius 2 is 2.05 bits per heavy atom.